The number of likely N-dealkylation sites (N-methyl/N-ethyl adjacent to an activating group) is 1. The van der Waals surface area contributed by atoms with Crippen molar-refractivity contribution in [2.75, 3.05) is 7.05 Å². The maximum absolute atomic E-state index is 12.8. The molecule has 0 fully saturated rings. The molecule has 3 aromatic rings. The summed E-state index contributed by atoms with van der Waals surface area (Å²) in [6.45, 7) is 6.00. The van der Waals surface area contributed by atoms with E-state index in [4.69, 9.17) is 0 Å². The van der Waals surface area contributed by atoms with Crippen molar-refractivity contribution in [2.45, 2.75) is 33.2 Å². The molecule has 124 valence electrons. The summed E-state index contributed by atoms with van der Waals surface area (Å²) < 4.78 is 1.64. The second-order valence-corrected chi connectivity index (χ2v) is 6.19. The van der Waals surface area contributed by atoms with Gasteiger partial charge in [0.25, 0.3) is 5.91 Å². The predicted molar refractivity (Wildman–Crippen MR) is 92.0 cm³/mol. The van der Waals surface area contributed by atoms with Crippen molar-refractivity contribution < 1.29 is 4.79 Å². The largest absolute Gasteiger partial charge is 0.338 e. The van der Waals surface area contributed by atoms with E-state index in [0.717, 1.165) is 16.8 Å². The van der Waals surface area contributed by atoms with Gasteiger partial charge in [-0.1, -0.05) is 6.07 Å². The molecular formula is C18H21N5O. The molecule has 0 N–H and O–H groups in total. The van der Waals surface area contributed by atoms with Crippen LogP contribution in [0.2, 0.25) is 0 Å². The Morgan fingerprint density at radius 3 is 2.83 bits per heavy atom. The number of rotatable bonds is 4. The standard InChI is InChI=1S/C18H21N5O/c1-12-9-20-17-15(10-21-23(17)11-12)18(24)22(4)14(3)8-16-13(2)6-5-7-19-16/h5-7,9-11,14H,8H2,1-4H3/t14-/m0/s1. The number of carbonyl (C=O) groups is 1. The summed E-state index contributed by atoms with van der Waals surface area (Å²) in [6.07, 6.45) is 7.68. The summed E-state index contributed by atoms with van der Waals surface area (Å²) in [4.78, 5) is 23.3. The lowest BCUT2D eigenvalue weighted by Gasteiger charge is -2.24. The monoisotopic (exact) mass is 323 g/mol. The zero-order valence-corrected chi connectivity index (χ0v) is 14.4. The second kappa shape index (κ2) is 6.39. The molecule has 0 aromatic carbocycles. The molecule has 1 amide bonds. The van der Waals surface area contributed by atoms with Gasteiger partial charge in [-0.2, -0.15) is 5.10 Å². The van der Waals surface area contributed by atoms with Gasteiger partial charge in [0.2, 0.25) is 0 Å². The zero-order valence-electron chi connectivity index (χ0n) is 14.4. The van der Waals surface area contributed by atoms with Crippen LogP contribution in [-0.2, 0) is 6.42 Å². The number of pyridine rings is 1. The maximum Gasteiger partial charge on any atom is 0.259 e. The van der Waals surface area contributed by atoms with Gasteiger partial charge in [0.15, 0.2) is 5.65 Å². The molecule has 0 aliphatic carbocycles. The molecular weight excluding hydrogens is 302 g/mol. The average molecular weight is 323 g/mol. The van der Waals surface area contributed by atoms with Crippen LogP contribution >= 0.6 is 0 Å². The lowest BCUT2D eigenvalue weighted by Crippen LogP contribution is -2.36. The van der Waals surface area contributed by atoms with Gasteiger partial charge in [-0.3, -0.25) is 9.78 Å². The van der Waals surface area contributed by atoms with Crippen LogP contribution in [0.25, 0.3) is 5.65 Å². The van der Waals surface area contributed by atoms with Crippen LogP contribution in [0.5, 0.6) is 0 Å². The van der Waals surface area contributed by atoms with Crippen molar-refractivity contribution in [2.24, 2.45) is 0 Å². The zero-order chi connectivity index (χ0) is 17.3. The van der Waals surface area contributed by atoms with Crippen molar-refractivity contribution in [3.63, 3.8) is 0 Å². The van der Waals surface area contributed by atoms with E-state index in [-0.39, 0.29) is 11.9 Å². The molecule has 6 heteroatoms. The molecule has 24 heavy (non-hydrogen) atoms. The number of fused-ring (bicyclic) bond motifs is 1. The second-order valence-electron chi connectivity index (χ2n) is 6.19. The Morgan fingerprint density at radius 2 is 2.08 bits per heavy atom. The molecule has 0 spiro atoms. The summed E-state index contributed by atoms with van der Waals surface area (Å²) >= 11 is 0. The molecule has 3 rings (SSSR count). The van der Waals surface area contributed by atoms with Crippen molar-refractivity contribution in [3.8, 4) is 0 Å². The van der Waals surface area contributed by atoms with Crippen molar-refractivity contribution in [1.29, 1.82) is 0 Å². The smallest absolute Gasteiger partial charge is 0.259 e. The molecule has 0 saturated carbocycles. The summed E-state index contributed by atoms with van der Waals surface area (Å²) in [5.74, 6) is -0.0811. The normalized spacial score (nSPS) is 12.3. The highest BCUT2D eigenvalue weighted by Crippen LogP contribution is 2.15. The maximum atomic E-state index is 12.8. The van der Waals surface area contributed by atoms with Crippen LogP contribution in [0.15, 0.2) is 36.9 Å². The topological polar surface area (TPSA) is 63.4 Å². The fraction of sp³-hybridized carbons (Fsp3) is 0.333. The highest BCUT2D eigenvalue weighted by atomic mass is 16.2. The van der Waals surface area contributed by atoms with Crippen LogP contribution in [0.1, 0.15) is 34.1 Å². The fourth-order valence-corrected chi connectivity index (χ4v) is 2.66. The number of carbonyl (C=O) groups excluding carboxylic acids is 1. The third-order valence-corrected chi connectivity index (χ3v) is 4.30. The van der Waals surface area contributed by atoms with Crippen molar-refractivity contribution in [3.05, 3.63) is 59.3 Å². The SMILES string of the molecule is Cc1cnc2c(C(=O)N(C)[C@@H](C)Cc3ncccc3C)cnn2c1. The van der Waals surface area contributed by atoms with Crippen molar-refractivity contribution in [1.82, 2.24) is 24.5 Å². The molecule has 0 bridgehead atoms. The lowest BCUT2D eigenvalue weighted by atomic mass is 10.1. The van der Waals surface area contributed by atoms with Crippen LogP contribution in [0.4, 0.5) is 0 Å². The first-order valence-electron chi connectivity index (χ1n) is 7.95. The quantitative estimate of drug-likeness (QED) is 0.740. The Hall–Kier alpha value is -2.76. The van der Waals surface area contributed by atoms with Crippen molar-refractivity contribution >= 4 is 11.6 Å². The van der Waals surface area contributed by atoms with E-state index < -0.39 is 0 Å². The van der Waals surface area contributed by atoms with Crippen LogP contribution in [-0.4, -0.2) is 43.5 Å². The first kappa shape index (κ1) is 16.1. The minimum atomic E-state index is -0.0811. The third kappa shape index (κ3) is 2.99. The number of amides is 1. The lowest BCUT2D eigenvalue weighted by molar-refractivity contribution is 0.0744. The predicted octanol–water partition coefficient (Wildman–Crippen LogP) is 2.44. The van der Waals surface area contributed by atoms with Gasteiger partial charge in [-0.05, 0) is 38.0 Å². The number of aromatic nitrogens is 4. The Kier molecular flexibility index (Phi) is 4.29. The Labute approximate surface area is 141 Å². The van der Waals surface area contributed by atoms with Gasteiger partial charge in [-0.15, -0.1) is 0 Å². The minimum absolute atomic E-state index is 0.0199. The van der Waals surface area contributed by atoms with Gasteiger partial charge < -0.3 is 4.90 Å². The molecule has 0 aliphatic heterocycles. The van der Waals surface area contributed by atoms with Gasteiger partial charge in [-0.25, -0.2) is 9.50 Å². The molecule has 0 radical (unpaired) electrons. The Morgan fingerprint density at radius 1 is 1.29 bits per heavy atom. The van der Waals surface area contributed by atoms with Gasteiger partial charge in [0, 0.05) is 43.8 Å². The molecule has 3 aromatic heterocycles. The summed E-state index contributed by atoms with van der Waals surface area (Å²) in [5, 5.41) is 4.23. The van der Waals surface area contributed by atoms with Gasteiger partial charge in [0.05, 0.1) is 6.20 Å². The number of hydrogen-bond acceptors (Lipinski definition) is 4. The average Bonchev–Trinajstić information content (AvgIpc) is 2.98. The van der Waals surface area contributed by atoms with Crippen LogP contribution in [0, 0.1) is 13.8 Å². The summed E-state index contributed by atoms with van der Waals surface area (Å²) in [7, 11) is 1.81. The van der Waals surface area contributed by atoms with Crippen LogP contribution in [0.3, 0.4) is 0 Å². The Balaban J connectivity index is 1.82. The van der Waals surface area contributed by atoms with E-state index in [9.17, 15) is 4.79 Å². The Bertz CT molecular complexity index is 886. The molecule has 3 heterocycles. The number of aryl methyl sites for hydroxylation is 2. The third-order valence-electron chi connectivity index (χ3n) is 4.30. The minimum Gasteiger partial charge on any atom is -0.338 e. The molecule has 6 nitrogen and oxygen atoms in total. The molecule has 0 aliphatic rings. The molecule has 1 atom stereocenters. The highest BCUT2D eigenvalue weighted by molar-refractivity contribution is 5.99. The van der Waals surface area contributed by atoms with E-state index in [1.165, 1.54) is 0 Å². The fourth-order valence-electron chi connectivity index (χ4n) is 2.66. The van der Waals surface area contributed by atoms with Gasteiger partial charge >= 0.3 is 0 Å². The highest BCUT2D eigenvalue weighted by Gasteiger charge is 2.22. The van der Waals surface area contributed by atoms with E-state index in [2.05, 4.69) is 15.1 Å². The van der Waals surface area contributed by atoms with E-state index in [1.54, 1.807) is 28.0 Å². The molecule has 0 saturated heterocycles. The summed E-state index contributed by atoms with van der Waals surface area (Å²) in [6, 6.07) is 3.98. The van der Waals surface area contributed by atoms with E-state index in [1.807, 2.05) is 46.1 Å². The number of nitrogens with zero attached hydrogens (tertiary/aromatic N) is 5. The first-order chi connectivity index (χ1) is 11.5. The number of hydrogen-bond donors (Lipinski definition) is 0. The van der Waals surface area contributed by atoms with Crippen LogP contribution < -0.4 is 0 Å². The summed E-state index contributed by atoms with van der Waals surface area (Å²) in [5.41, 5.74) is 4.24. The van der Waals surface area contributed by atoms with Gasteiger partial charge in [0.1, 0.15) is 5.56 Å². The van der Waals surface area contributed by atoms with E-state index in [0.29, 0.717) is 17.6 Å². The van der Waals surface area contributed by atoms with E-state index >= 15 is 0 Å². The molecule has 0 unspecified atom stereocenters. The first-order valence-corrected chi connectivity index (χ1v) is 7.95.